The monoisotopic (exact) mass is 414 g/mol. The molecule has 1 amide bonds. The minimum Gasteiger partial charge on any atom is -0.465 e. The van der Waals surface area contributed by atoms with Gasteiger partial charge in [-0.05, 0) is 44.2 Å². The highest BCUT2D eigenvalue weighted by Crippen LogP contribution is 2.19. The van der Waals surface area contributed by atoms with Gasteiger partial charge in [0.1, 0.15) is 0 Å². The molecule has 2 aromatic rings. The summed E-state index contributed by atoms with van der Waals surface area (Å²) < 4.78 is 9.57. The molecule has 0 aliphatic carbocycles. The van der Waals surface area contributed by atoms with E-state index in [2.05, 4.69) is 10.1 Å². The lowest BCUT2D eigenvalue weighted by Gasteiger charge is -2.14. The first-order valence-electron chi connectivity index (χ1n) is 8.63. The number of Topliss-reactive ketones (excluding diaryl/α,β-unsaturated/α-hetero) is 1. The molecule has 10 heteroatoms. The van der Waals surface area contributed by atoms with Crippen molar-refractivity contribution in [2.45, 2.75) is 20.0 Å². The summed E-state index contributed by atoms with van der Waals surface area (Å²) in [6.07, 6.45) is -1.24. The molecule has 0 spiro atoms. The fraction of sp³-hybridized carbons (Fsp3) is 0.200. The van der Waals surface area contributed by atoms with E-state index in [1.807, 2.05) is 0 Å². The van der Waals surface area contributed by atoms with Crippen LogP contribution in [0.5, 0.6) is 0 Å². The number of anilines is 1. The second-order valence-corrected chi connectivity index (χ2v) is 6.19. The fourth-order valence-corrected chi connectivity index (χ4v) is 2.38. The number of ketones is 1. The molecule has 2 aromatic carbocycles. The van der Waals surface area contributed by atoms with E-state index in [1.54, 1.807) is 0 Å². The number of carbonyl (C=O) groups excluding carboxylic acids is 4. The smallest absolute Gasteiger partial charge is 0.339 e. The maximum absolute atomic E-state index is 12.4. The van der Waals surface area contributed by atoms with Gasteiger partial charge in [0.15, 0.2) is 11.9 Å². The molecule has 156 valence electrons. The van der Waals surface area contributed by atoms with Crippen molar-refractivity contribution in [2.75, 3.05) is 12.4 Å². The average molecular weight is 414 g/mol. The average Bonchev–Trinajstić information content (AvgIpc) is 2.72. The standard InChI is InChI=1S/C20H18N2O8/c1-11(23)13-4-6-16(7-5-13)21-18(24)12(2)30-20(26)15-8-14(19(25)29-3)9-17(10-15)22(27)28/h4-10,12H,1-3H3,(H,21,24). The Hall–Kier alpha value is -4.08. The van der Waals surface area contributed by atoms with Gasteiger partial charge in [-0.1, -0.05) is 0 Å². The molecular weight excluding hydrogens is 396 g/mol. The van der Waals surface area contributed by atoms with Gasteiger partial charge < -0.3 is 14.8 Å². The Balaban J connectivity index is 2.13. The predicted molar refractivity (Wildman–Crippen MR) is 104 cm³/mol. The van der Waals surface area contributed by atoms with E-state index in [0.29, 0.717) is 11.3 Å². The Morgan fingerprint density at radius 2 is 1.53 bits per heavy atom. The van der Waals surface area contributed by atoms with E-state index in [1.165, 1.54) is 38.1 Å². The van der Waals surface area contributed by atoms with Crippen molar-refractivity contribution in [1.29, 1.82) is 0 Å². The number of benzene rings is 2. The number of carbonyl (C=O) groups is 4. The first kappa shape index (κ1) is 22.2. The molecule has 30 heavy (non-hydrogen) atoms. The number of nitro benzene ring substituents is 1. The zero-order valence-electron chi connectivity index (χ0n) is 16.3. The molecule has 0 fully saturated rings. The zero-order valence-corrected chi connectivity index (χ0v) is 16.3. The molecule has 2 rings (SSSR count). The molecule has 0 aromatic heterocycles. The number of nitro groups is 1. The number of nitrogens with zero attached hydrogens (tertiary/aromatic N) is 1. The number of amides is 1. The summed E-state index contributed by atoms with van der Waals surface area (Å²) in [4.78, 5) is 57.9. The van der Waals surface area contributed by atoms with Crippen molar-refractivity contribution >= 4 is 35.0 Å². The number of esters is 2. The zero-order chi connectivity index (χ0) is 22.4. The van der Waals surface area contributed by atoms with E-state index in [9.17, 15) is 29.3 Å². The van der Waals surface area contributed by atoms with Crippen LogP contribution in [0.2, 0.25) is 0 Å². The highest BCUT2D eigenvalue weighted by atomic mass is 16.6. The minimum atomic E-state index is -1.24. The second kappa shape index (κ2) is 9.41. The highest BCUT2D eigenvalue weighted by molar-refractivity contribution is 6.00. The molecule has 0 bridgehead atoms. The summed E-state index contributed by atoms with van der Waals surface area (Å²) in [7, 11) is 1.09. The SMILES string of the molecule is COC(=O)c1cc(C(=O)OC(C)C(=O)Nc2ccc(C(C)=O)cc2)cc([N+](=O)[O-])c1. The van der Waals surface area contributed by atoms with Gasteiger partial charge in [0.25, 0.3) is 11.6 Å². The number of hydrogen-bond acceptors (Lipinski definition) is 8. The van der Waals surface area contributed by atoms with E-state index in [4.69, 9.17) is 4.74 Å². The van der Waals surface area contributed by atoms with Gasteiger partial charge in [0, 0.05) is 23.4 Å². The summed E-state index contributed by atoms with van der Waals surface area (Å²) in [5.74, 6) is -2.68. The van der Waals surface area contributed by atoms with Crippen LogP contribution in [0.3, 0.4) is 0 Å². The van der Waals surface area contributed by atoms with Crippen molar-refractivity contribution < 1.29 is 33.6 Å². The second-order valence-electron chi connectivity index (χ2n) is 6.19. The third-order valence-corrected chi connectivity index (χ3v) is 4.00. The molecule has 1 N–H and O–H groups in total. The van der Waals surface area contributed by atoms with Crippen LogP contribution in [0.25, 0.3) is 0 Å². The van der Waals surface area contributed by atoms with Crippen LogP contribution in [0.15, 0.2) is 42.5 Å². The van der Waals surface area contributed by atoms with Crippen molar-refractivity contribution in [1.82, 2.24) is 0 Å². The van der Waals surface area contributed by atoms with Gasteiger partial charge in [0.2, 0.25) is 0 Å². The molecule has 1 unspecified atom stereocenters. The van der Waals surface area contributed by atoms with E-state index in [-0.39, 0.29) is 16.9 Å². The first-order valence-corrected chi connectivity index (χ1v) is 8.63. The van der Waals surface area contributed by atoms with Crippen LogP contribution in [-0.4, -0.2) is 41.8 Å². The number of nitrogens with one attached hydrogen (secondary N) is 1. The lowest BCUT2D eigenvalue weighted by atomic mass is 10.1. The molecule has 1 atom stereocenters. The highest BCUT2D eigenvalue weighted by Gasteiger charge is 2.23. The first-order chi connectivity index (χ1) is 14.1. The maximum Gasteiger partial charge on any atom is 0.339 e. The van der Waals surface area contributed by atoms with Crippen LogP contribution in [0.4, 0.5) is 11.4 Å². The number of methoxy groups -OCH3 is 1. The van der Waals surface area contributed by atoms with Crippen molar-refractivity contribution in [2.24, 2.45) is 0 Å². The lowest BCUT2D eigenvalue weighted by molar-refractivity contribution is -0.384. The molecular formula is C20H18N2O8. The van der Waals surface area contributed by atoms with E-state index >= 15 is 0 Å². The van der Waals surface area contributed by atoms with Crippen molar-refractivity contribution in [3.63, 3.8) is 0 Å². The fourth-order valence-electron chi connectivity index (χ4n) is 2.38. The number of ether oxygens (including phenoxy) is 2. The molecule has 10 nitrogen and oxygen atoms in total. The quantitative estimate of drug-likeness (QED) is 0.315. The van der Waals surface area contributed by atoms with Crippen LogP contribution < -0.4 is 5.32 Å². The molecule has 0 saturated heterocycles. The topological polar surface area (TPSA) is 142 Å². The van der Waals surface area contributed by atoms with Crippen LogP contribution in [0, 0.1) is 10.1 Å². The van der Waals surface area contributed by atoms with Gasteiger partial charge in [-0.2, -0.15) is 0 Å². The molecule has 0 heterocycles. The van der Waals surface area contributed by atoms with Crippen LogP contribution >= 0.6 is 0 Å². The van der Waals surface area contributed by atoms with E-state index < -0.39 is 34.6 Å². The van der Waals surface area contributed by atoms with Crippen molar-refractivity contribution in [3.05, 3.63) is 69.3 Å². The summed E-state index contributed by atoms with van der Waals surface area (Å²) in [6, 6.07) is 9.08. The van der Waals surface area contributed by atoms with Gasteiger partial charge >= 0.3 is 11.9 Å². The lowest BCUT2D eigenvalue weighted by Crippen LogP contribution is -2.30. The summed E-state index contributed by atoms with van der Waals surface area (Å²) in [6.45, 7) is 2.73. The Morgan fingerprint density at radius 3 is 2.03 bits per heavy atom. The third kappa shape index (κ3) is 5.47. The van der Waals surface area contributed by atoms with Gasteiger partial charge in [-0.3, -0.25) is 19.7 Å². The summed E-state index contributed by atoms with van der Waals surface area (Å²) >= 11 is 0. The Labute approximate surface area is 170 Å². The Morgan fingerprint density at radius 1 is 0.967 bits per heavy atom. The Bertz CT molecular complexity index is 1010. The van der Waals surface area contributed by atoms with Gasteiger partial charge in [-0.25, -0.2) is 9.59 Å². The summed E-state index contributed by atoms with van der Waals surface area (Å²) in [5.41, 5.74) is -0.139. The third-order valence-electron chi connectivity index (χ3n) is 4.00. The normalized spacial score (nSPS) is 11.2. The predicted octanol–water partition coefficient (Wildman–Crippen LogP) is 2.77. The molecule has 0 radical (unpaired) electrons. The van der Waals surface area contributed by atoms with Crippen molar-refractivity contribution in [3.8, 4) is 0 Å². The van der Waals surface area contributed by atoms with Crippen LogP contribution in [0.1, 0.15) is 44.9 Å². The Kier molecular flexibility index (Phi) is 6.97. The van der Waals surface area contributed by atoms with Gasteiger partial charge in [-0.15, -0.1) is 0 Å². The molecule has 0 aliphatic heterocycles. The number of non-ortho nitro benzene ring substituents is 1. The maximum atomic E-state index is 12.4. The summed E-state index contributed by atoms with van der Waals surface area (Å²) in [5, 5.41) is 13.6. The number of rotatable bonds is 7. The van der Waals surface area contributed by atoms with Crippen LogP contribution in [-0.2, 0) is 14.3 Å². The largest absolute Gasteiger partial charge is 0.465 e. The minimum absolute atomic E-state index is 0.126. The van der Waals surface area contributed by atoms with Gasteiger partial charge in [0.05, 0.1) is 23.2 Å². The van der Waals surface area contributed by atoms with E-state index in [0.717, 1.165) is 25.3 Å². The number of hydrogen-bond donors (Lipinski definition) is 1. The molecule has 0 saturated carbocycles. The molecule has 0 aliphatic rings.